The van der Waals surface area contributed by atoms with Crippen molar-refractivity contribution in [3.05, 3.63) is 36.0 Å². The normalized spacial score (nSPS) is 19.1. The molecule has 5 nitrogen and oxygen atoms in total. The Balaban J connectivity index is 2.13. The molecule has 120 valence electrons. The van der Waals surface area contributed by atoms with E-state index in [9.17, 15) is 4.79 Å². The van der Waals surface area contributed by atoms with Gasteiger partial charge in [-0.15, -0.1) is 0 Å². The van der Waals surface area contributed by atoms with E-state index in [4.69, 9.17) is 14.0 Å². The highest BCUT2D eigenvalue weighted by atomic mass is 16.7. The zero-order chi connectivity index (χ0) is 16.8. The number of hydrogen-bond acceptors (Lipinski definition) is 5. The lowest BCUT2D eigenvalue weighted by molar-refractivity contribution is 0.00578. The van der Waals surface area contributed by atoms with Gasteiger partial charge in [-0.25, -0.2) is 4.79 Å². The van der Waals surface area contributed by atoms with Gasteiger partial charge in [0.1, 0.15) is 0 Å². The molecule has 1 aliphatic heterocycles. The molecular weight excluding hydrogens is 293 g/mol. The van der Waals surface area contributed by atoms with Crippen LogP contribution in [0.25, 0.3) is 10.9 Å². The van der Waals surface area contributed by atoms with Crippen molar-refractivity contribution >= 4 is 29.5 Å². The van der Waals surface area contributed by atoms with E-state index < -0.39 is 24.3 Å². The Morgan fingerprint density at radius 3 is 2.39 bits per heavy atom. The van der Waals surface area contributed by atoms with Crippen molar-refractivity contribution in [2.75, 3.05) is 7.11 Å². The fourth-order valence-corrected chi connectivity index (χ4v) is 2.64. The number of benzene rings is 1. The Hall–Kier alpha value is -1.92. The van der Waals surface area contributed by atoms with Crippen molar-refractivity contribution in [3.8, 4) is 0 Å². The molecular formula is C17H20BNO4. The fraction of sp³-hybridized carbons (Fsp3) is 0.412. The SMILES string of the molecule is COC(=O)c1ccc(B2OC(C)(C)C(C)(C)O2)c2cccnc12. The van der Waals surface area contributed by atoms with E-state index in [0.717, 1.165) is 10.8 Å². The predicted octanol–water partition coefficient (Wildman–Crippen LogP) is 2.32. The van der Waals surface area contributed by atoms with Gasteiger partial charge in [-0.05, 0) is 45.3 Å². The van der Waals surface area contributed by atoms with Gasteiger partial charge in [0, 0.05) is 11.6 Å². The largest absolute Gasteiger partial charge is 0.495 e. The van der Waals surface area contributed by atoms with Crippen molar-refractivity contribution in [1.29, 1.82) is 0 Å². The number of pyridine rings is 1. The molecule has 2 aromatic rings. The van der Waals surface area contributed by atoms with Gasteiger partial charge < -0.3 is 14.0 Å². The van der Waals surface area contributed by atoms with E-state index >= 15 is 0 Å². The molecule has 1 aliphatic rings. The highest BCUT2D eigenvalue weighted by Crippen LogP contribution is 2.37. The second-order valence-corrected chi connectivity index (χ2v) is 6.68. The van der Waals surface area contributed by atoms with Crippen LogP contribution in [0.3, 0.4) is 0 Å². The summed E-state index contributed by atoms with van der Waals surface area (Å²) in [6, 6.07) is 7.30. The smallest absolute Gasteiger partial charge is 0.465 e. The highest BCUT2D eigenvalue weighted by Gasteiger charge is 2.52. The number of carbonyl (C=O) groups excluding carboxylic acids is 1. The van der Waals surface area contributed by atoms with Gasteiger partial charge in [0.2, 0.25) is 0 Å². The zero-order valence-corrected chi connectivity index (χ0v) is 14.0. The van der Waals surface area contributed by atoms with E-state index in [1.807, 2.05) is 45.9 Å². The summed E-state index contributed by atoms with van der Waals surface area (Å²) in [6.07, 6.45) is 1.66. The van der Waals surface area contributed by atoms with Gasteiger partial charge in [0.25, 0.3) is 0 Å². The Morgan fingerprint density at radius 1 is 1.13 bits per heavy atom. The third-order valence-corrected chi connectivity index (χ3v) is 4.72. The number of methoxy groups -OCH3 is 1. The van der Waals surface area contributed by atoms with Gasteiger partial charge in [-0.3, -0.25) is 4.98 Å². The average molecular weight is 313 g/mol. The van der Waals surface area contributed by atoms with Crippen molar-refractivity contribution in [2.45, 2.75) is 38.9 Å². The lowest BCUT2D eigenvalue weighted by atomic mass is 9.76. The Bertz CT molecular complexity index is 756. The molecule has 0 N–H and O–H groups in total. The van der Waals surface area contributed by atoms with Crippen molar-refractivity contribution in [3.63, 3.8) is 0 Å². The Labute approximate surface area is 136 Å². The van der Waals surface area contributed by atoms with Crippen LogP contribution in [-0.4, -0.2) is 36.4 Å². The third kappa shape index (κ3) is 2.52. The first-order valence-electron chi connectivity index (χ1n) is 7.58. The van der Waals surface area contributed by atoms with Gasteiger partial charge >= 0.3 is 13.1 Å². The third-order valence-electron chi connectivity index (χ3n) is 4.72. The van der Waals surface area contributed by atoms with Crippen LogP contribution in [0.1, 0.15) is 38.1 Å². The molecule has 1 fully saturated rings. The first kappa shape index (κ1) is 16.0. The van der Waals surface area contributed by atoms with Crippen molar-refractivity contribution in [2.24, 2.45) is 0 Å². The monoisotopic (exact) mass is 313 g/mol. The summed E-state index contributed by atoms with van der Waals surface area (Å²) in [5, 5.41) is 0.828. The van der Waals surface area contributed by atoms with Crippen LogP contribution in [0.2, 0.25) is 0 Å². The number of esters is 1. The molecule has 0 amide bonds. The van der Waals surface area contributed by atoms with Crippen LogP contribution >= 0.6 is 0 Å². The van der Waals surface area contributed by atoms with Crippen LogP contribution in [0.5, 0.6) is 0 Å². The quantitative estimate of drug-likeness (QED) is 0.629. The number of hydrogen-bond donors (Lipinski definition) is 0. The molecule has 1 aromatic heterocycles. The maximum Gasteiger partial charge on any atom is 0.495 e. The van der Waals surface area contributed by atoms with Crippen LogP contribution in [0, 0.1) is 0 Å². The van der Waals surface area contributed by atoms with E-state index in [1.54, 1.807) is 12.3 Å². The molecule has 0 radical (unpaired) electrons. The lowest BCUT2D eigenvalue weighted by Gasteiger charge is -2.32. The second-order valence-electron chi connectivity index (χ2n) is 6.68. The lowest BCUT2D eigenvalue weighted by Crippen LogP contribution is -2.41. The molecule has 0 bridgehead atoms. The summed E-state index contributed by atoms with van der Waals surface area (Å²) in [7, 11) is 0.859. The molecule has 0 unspecified atom stereocenters. The van der Waals surface area contributed by atoms with Crippen LogP contribution in [0.15, 0.2) is 30.5 Å². The highest BCUT2D eigenvalue weighted by molar-refractivity contribution is 6.65. The van der Waals surface area contributed by atoms with Gasteiger partial charge in [0.15, 0.2) is 0 Å². The fourth-order valence-electron chi connectivity index (χ4n) is 2.64. The average Bonchev–Trinajstić information content (AvgIpc) is 2.73. The maximum atomic E-state index is 11.9. The summed E-state index contributed by atoms with van der Waals surface area (Å²) >= 11 is 0. The summed E-state index contributed by atoms with van der Waals surface area (Å²) < 4.78 is 17.1. The van der Waals surface area contributed by atoms with Crippen LogP contribution < -0.4 is 5.46 Å². The second kappa shape index (κ2) is 5.32. The molecule has 0 atom stereocenters. The minimum atomic E-state index is -0.501. The minimum Gasteiger partial charge on any atom is -0.465 e. The number of fused-ring (bicyclic) bond motifs is 1. The van der Waals surface area contributed by atoms with Crippen molar-refractivity contribution < 1.29 is 18.8 Å². The number of nitrogens with zero attached hydrogens (tertiary/aromatic N) is 1. The van der Waals surface area contributed by atoms with E-state index in [2.05, 4.69) is 4.98 Å². The molecule has 0 saturated carbocycles. The Kier molecular flexibility index (Phi) is 3.69. The van der Waals surface area contributed by atoms with E-state index in [0.29, 0.717) is 11.1 Å². The molecule has 2 heterocycles. The number of ether oxygens (including phenoxy) is 1. The molecule has 1 aromatic carbocycles. The topological polar surface area (TPSA) is 57.7 Å². The van der Waals surface area contributed by atoms with Crippen LogP contribution in [0.4, 0.5) is 0 Å². The maximum absolute atomic E-state index is 11.9. The Morgan fingerprint density at radius 2 is 1.78 bits per heavy atom. The first-order chi connectivity index (χ1) is 10.8. The number of aromatic nitrogens is 1. The standard InChI is InChI=1S/C17H20BNO4/c1-16(2)17(3,4)23-18(22-16)13-9-8-12(15(20)21-5)14-11(13)7-6-10-19-14/h6-10H,1-5H3. The summed E-state index contributed by atoms with van der Waals surface area (Å²) in [4.78, 5) is 16.3. The molecule has 23 heavy (non-hydrogen) atoms. The number of rotatable bonds is 2. The molecule has 0 spiro atoms. The summed E-state index contributed by atoms with van der Waals surface area (Å²) in [5.74, 6) is -0.408. The summed E-state index contributed by atoms with van der Waals surface area (Å²) in [6.45, 7) is 8.04. The molecule has 6 heteroatoms. The molecule has 0 aliphatic carbocycles. The summed E-state index contributed by atoms with van der Waals surface area (Å²) in [5.41, 5.74) is 1.04. The predicted molar refractivity (Wildman–Crippen MR) is 88.8 cm³/mol. The van der Waals surface area contributed by atoms with Crippen LogP contribution in [-0.2, 0) is 14.0 Å². The van der Waals surface area contributed by atoms with Gasteiger partial charge in [-0.1, -0.05) is 12.1 Å². The molecule has 1 saturated heterocycles. The van der Waals surface area contributed by atoms with E-state index in [-0.39, 0.29) is 0 Å². The molecule has 3 rings (SSSR count). The zero-order valence-electron chi connectivity index (χ0n) is 14.0. The van der Waals surface area contributed by atoms with Gasteiger partial charge in [0.05, 0.1) is 29.4 Å². The first-order valence-corrected chi connectivity index (χ1v) is 7.58. The van der Waals surface area contributed by atoms with Crippen molar-refractivity contribution in [1.82, 2.24) is 4.98 Å². The van der Waals surface area contributed by atoms with Gasteiger partial charge in [-0.2, -0.15) is 0 Å². The van der Waals surface area contributed by atoms with E-state index in [1.165, 1.54) is 7.11 Å². The minimum absolute atomic E-state index is 0.408. The number of carbonyl (C=O) groups is 1.